The Morgan fingerprint density at radius 2 is 0.957 bits per heavy atom. The molecule has 0 amide bonds. The number of rotatable bonds is 6. The molecule has 0 aliphatic carbocycles. The third-order valence-corrected chi connectivity index (χ3v) is 12.8. The Bertz CT molecular complexity index is 3050. The fraction of sp³-hybridized carbons (Fsp3) is 0.164. The van der Waals surface area contributed by atoms with Crippen molar-refractivity contribution >= 4 is 38.7 Å². The number of carbonyl (C=O) groups is 1. The predicted molar refractivity (Wildman–Crippen MR) is 274 cm³/mol. The Labute approximate surface area is 406 Å². The molecule has 0 aromatic heterocycles. The highest BCUT2D eigenvalue weighted by atomic mass is 19.4. The maximum atomic E-state index is 12.9. The number of aliphatic hydroxyl groups excluding tert-OH is 2. The minimum atomic E-state index is -4.69. The first-order chi connectivity index (χ1) is 33.9. The standard InChI is InChI=1S/C17H18N2.C16H11F3O.C14H12O2.C14H12O/c1-12-3-5-16-14(7-12)9-18-11-19(16)10-15-8-13(2)4-6-17(15)18;17-16(18,19)15(20)14-12-7-3-1-5-10(12)9-11-6-2-4-8-13(11)14;15-13(11-7-3-1-4-8-11)14(16)12-9-5-2-6-10-12;1-3-7-11(8-4-1)13-14(15-13)12-9-5-2-6-10-12/h3-8H,9-11H2,1-2H3;1-9,15,20H;1-10,13,15H;1-10,13-14H. The van der Waals surface area contributed by atoms with Crippen LogP contribution in [-0.2, 0) is 17.8 Å². The zero-order chi connectivity index (χ0) is 48.8. The van der Waals surface area contributed by atoms with Crippen molar-refractivity contribution in [1.29, 1.82) is 0 Å². The molecule has 2 bridgehead atoms. The molecule has 9 aromatic carbocycles. The summed E-state index contributed by atoms with van der Waals surface area (Å²) in [5.74, 6) is -0.271. The summed E-state index contributed by atoms with van der Waals surface area (Å²) in [4.78, 5) is 16.9. The smallest absolute Gasteiger partial charge is 0.380 e. The van der Waals surface area contributed by atoms with E-state index in [1.165, 1.54) is 44.8 Å². The number of hydrogen-bond acceptors (Lipinski definition) is 6. The number of ketones is 1. The number of alkyl halides is 3. The van der Waals surface area contributed by atoms with Gasteiger partial charge in [0.25, 0.3) is 0 Å². The van der Waals surface area contributed by atoms with E-state index in [1.54, 1.807) is 97.1 Å². The summed E-state index contributed by atoms with van der Waals surface area (Å²) < 4.78 is 44.5. The lowest BCUT2D eigenvalue weighted by Gasteiger charge is -2.45. The average molecular weight is 935 g/mol. The van der Waals surface area contributed by atoms with Crippen LogP contribution in [0.15, 0.2) is 212 Å². The van der Waals surface area contributed by atoms with E-state index in [-0.39, 0.29) is 23.6 Å². The average Bonchev–Trinajstić information content (AvgIpc) is 4.20. The first kappa shape index (κ1) is 47.5. The minimum absolute atomic E-state index is 0.0776. The fourth-order valence-electron chi connectivity index (χ4n) is 9.30. The molecule has 0 saturated carbocycles. The van der Waals surface area contributed by atoms with Gasteiger partial charge in [-0.15, -0.1) is 0 Å². The van der Waals surface area contributed by atoms with Gasteiger partial charge in [-0.1, -0.05) is 205 Å². The number of hydrogen-bond donors (Lipinski definition) is 2. The van der Waals surface area contributed by atoms with Crippen LogP contribution in [0.2, 0.25) is 0 Å². The number of fused-ring (bicyclic) bond motifs is 8. The SMILES string of the molecule is Cc1ccc2c(c1)CN1CN2Cc2cc(C)ccc21.O=C(c1ccccc1)C(O)c1ccccc1.OC(c1c2ccccc2cc2ccccc12)C(F)(F)F.c1ccc(C2OC2c2ccccc2)cc1. The highest BCUT2D eigenvalue weighted by Gasteiger charge is 2.42. The monoisotopic (exact) mass is 934 g/mol. The first-order valence-corrected chi connectivity index (χ1v) is 23.3. The van der Waals surface area contributed by atoms with Crippen LogP contribution in [0.4, 0.5) is 24.5 Å². The lowest BCUT2D eigenvalue weighted by molar-refractivity contribution is -0.206. The molecule has 2 N–H and O–H groups in total. The van der Waals surface area contributed by atoms with E-state index in [1.807, 2.05) is 30.3 Å². The number of benzene rings is 9. The van der Waals surface area contributed by atoms with Crippen LogP contribution in [0.25, 0.3) is 21.5 Å². The molecular weight excluding hydrogens is 882 g/mol. The molecule has 12 rings (SSSR count). The van der Waals surface area contributed by atoms with Crippen molar-refractivity contribution in [2.24, 2.45) is 0 Å². The molecular formula is C61H53F3N2O4. The molecule has 6 nitrogen and oxygen atoms in total. The van der Waals surface area contributed by atoms with Gasteiger partial charge in [-0.25, -0.2) is 0 Å². The van der Waals surface area contributed by atoms with E-state index in [2.05, 4.69) is 109 Å². The van der Waals surface area contributed by atoms with Crippen molar-refractivity contribution in [2.75, 3.05) is 16.5 Å². The van der Waals surface area contributed by atoms with E-state index in [0.29, 0.717) is 32.7 Å². The molecule has 9 aromatic rings. The van der Waals surface area contributed by atoms with Crippen LogP contribution in [0.1, 0.15) is 79.3 Å². The predicted octanol–water partition coefficient (Wildman–Crippen LogP) is 14.3. The number of ether oxygens (including phenoxy) is 1. The summed E-state index contributed by atoms with van der Waals surface area (Å²) in [5, 5.41) is 21.8. The van der Waals surface area contributed by atoms with Gasteiger partial charge < -0.3 is 24.7 Å². The topological polar surface area (TPSA) is 76.5 Å². The second-order valence-electron chi connectivity index (χ2n) is 17.8. The molecule has 70 heavy (non-hydrogen) atoms. The molecule has 4 atom stereocenters. The van der Waals surface area contributed by atoms with Crippen LogP contribution in [0.5, 0.6) is 0 Å². The van der Waals surface area contributed by atoms with Crippen LogP contribution in [0.3, 0.4) is 0 Å². The molecule has 352 valence electrons. The van der Waals surface area contributed by atoms with Gasteiger partial charge in [0.15, 0.2) is 11.9 Å². The maximum Gasteiger partial charge on any atom is 0.418 e. The van der Waals surface area contributed by atoms with E-state index in [9.17, 15) is 28.2 Å². The minimum Gasteiger partial charge on any atom is -0.380 e. The van der Waals surface area contributed by atoms with E-state index in [0.717, 1.165) is 19.8 Å². The number of anilines is 2. The lowest BCUT2D eigenvalue weighted by atomic mass is 9.93. The van der Waals surface area contributed by atoms with Crippen LogP contribution in [0, 0.1) is 13.8 Å². The van der Waals surface area contributed by atoms with Crippen molar-refractivity contribution in [2.45, 2.75) is 57.5 Å². The van der Waals surface area contributed by atoms with Crippen LogP contribution < -0.4 is 9.80 Å². The number of Topliss-reactive ketones (excluding diaryl/α,β-unsaturated/α-hetero) is 1. The van der Waals surface area contributed by atoms with E-state index < -0.39 is 18.4 Å². The van der Waals surface area contributed by atoms with Gasteiger partial charge in [-0.05, 0) is 81.4 Å². The number of aliphatic hydroxyl groups is 2. The Morgan fingerprint density at radius 1 is 0.543 bits per heavy atom. The largest absolute Gasteiger partial charge is 0.418 e. The molecule has 1 saturated heterocycles. The molecule has 3 heterocycles. The zero-order valence-electron chi connectivity index (χ0n) is 38.9. The molecule has 0 spiro atoms. The van der Waals surface area contributed by atoms with Crippen LogP contribution >= 0.6 is 0 Å². The van der Waals surface area contributed by atoms with Gasteiger partial charge in [-0.3, -0.25) is 4.79 Å². The van der Waals surface area contributed by atoms with E-state index >= 15 is 0 Å². The Morgan fingerprint density at radius 3 is 1.41 bits per heavy atom. The summed E-state index contributed by atoms with van der Waals surface area (Å²) >= 11 is 0. The third kappa shape index (κ3) is 10.8. The zero-order valence-corrected chi connectivity index (χ0v) is 38.9. The molecule has 3 aliphatic heterocycles. The van der Waals surface area contributed by atoms with Gasteiger partial charge in [0.05, 0.1) is 6.67 Å². The van der Waals surface area contributed by atoms with Gasteiger partial charge in [0, 0.05) is 35.6 Å². The van der Waals surface area contributed by atoms with Gasteiger partial charge >= 0.3 is 6.18 Å². The van der Waals surface area contributed by atoms with Gasteiger partial charge in [0.1, 0.15) is 18.3 Å². The van der Waals surface area contributed by atoms with Gasteiger partial charge in [0.2, 0.25) is 0 Å². The van der Waals surface area contributed by atoms with Crippen molar-refractivity contribution < 1.29 is 32.9 Å². The van der Waals surface area contributed by atoms with E-state index in [4.69, 9.17) is 4.74 Å². The number of epoxide rings is 1. The summed E-state index contributed by atoms with van der Waals surface area (Å²) in [6, 6.07) is 67.6. The lowest BCUT2D eigenvalue weighted by Crippen LogP contribution is -2.46. The summed E-state index contributed by atoms with van der Waals surface area (Å²) in [5.41, 5.74) is 12.0. The highest BCUT2D eigenvalue weighted by Crippen LogP contribution is 2.50. The number of halogens is 3. The van der Waals surface area contributed by atoms with Crippen molar-refractivity contribution in [3.8, 4) is 0 Å². The van der Waals surface area contributed by atoms with Crippen molar-refractivity contribution in [3.63, 3.8) is 0 Å². The maximum absolute atomic E-state index is 12.9. The molecule has 3 aliphatic rings. The first-order valence-electron chi connectivity index (χ1n) is 23.3. The van der Waals surface area contributed by atoms with Crippen molar-refractivity contribution in [1.82, 2.24) is 0 Å². The molecule has 1 fully saturated rings. The second kappa shape index (κ2) is 21.0. The molecule has 0 radical (unpaired) electrons. The second-order valence-corrected chi connectivity index (χ2v) is 17.8. The summed E-state index contributed by atoms with van der Waals surface area (Å²) in [7, 11) is 0. The number of carbonyl (C=O) groups excluding carboxylic acids is 1. The Hall–Kier alpha value is -7.56. The summed E-state index contributed by atoms with van der Waals surface area (Å²) in [6.07, 6.45) is -7.74. The highest BCUT2D eigenvalue weighted by molar-refractivity contribution is 6.02. The third-order valence-electron chi connectivity index (χ3n) is 12.8. The van der Waals surface area contributed by atoms with Gasteiger partial charge in [-0.2, -0.15) is 13.2 Å². The Balaban J connectivity index is 0.000000117. The number of nitrogens with zero attached hydrogens (tertiary/aromatic N) is 2. The quantitative estimate of drug-likeness (QED) is 0.0983. The Kier molecular flexibility index (Phi) is 14.2. The molecule has 9 heteroatoms. The summed E-state index contributed by atoms with van der Waals surface area (Å²) in [6.45, 7) is 7.43. The fourth-order valence-corrected chi connectivity index (χ4v) is 9.30. The number of aryl methyl sites for hydroxylation is 2. The normalized spacial score (nSPS) is 16.2. The van der Waals surface area contributed by atoms with Crippen molar-refractivity contribution in [3.05, 3.63) is 262 Å². The van der Waals surface area contributed by atoms with Crippen LogP contribution in [-0.4, -0.2) is 28.8 Å². The molecule has 4 unspecified atom stereocenters.